The maximum Gasteiger partial charge on any atom is 0 e. The van der Waals surface area contributed by atoms with E-state index in [1.165, 1.54) is 0 Å². The van der Waals surface area contributed by atoms with Crippen LogP contribution in [-0.4, -0.2) is 0 Å². The molecule has 0 fully saturated rings. The molecule has 0 spiro atoms. The zero-order valence-electron chi connectivity index (χ0n) is 2.04. The number of rotatable bonds is 0. The summed E-state index contributed by atoms with van der Waals surface area (Å²) in [6, 6.07) is 0. The fourth-order valence-corrected chi connectivity index (χ4v) is 0. The van der Waals surface area contributed by atoms with E-state index >= 15 is 0 Å². The minimum atomic E-state index is 0. The van der Waals surface area contributed by atoms with Crippen LogP contribution in [0.5, 0.6) is 0 Å². The van der Waals surface area contributed by atoms with Crippen LogP contribution in [0.25, 0.3) is 0 Å². The van der Waals surface area contributed by atoms with Gasteiger partial charge in [-0.25, -0.2) is 0 Å². The quantitative estimate of drug-likeness (QED) is 0.296. The zero-order valence-corrected chi connectivity index (χ0v) is 10.6. The second-order valence-corrected chi connectivity index (χ2v) is 0. The van der Waals surface area contributed by atoms with Crippen LogP contribution in [0.1, 0.15) is 0 Å². The molecule has 0 saturated carbocycles. The third-order valence-corrected chi connectivity index (χ3v) is 0. The number of hydrogen-bond donors (Lipinski definition) is 0. The van der Waals surface area contributed by atoms with Crippen LogP contribution in [0.2, 0.25) is 0 Å². The van der Waals surface area contributed by atoms with E-state index in [1.807, 2.05) is 0 Å². The maximum absolute atomic E-state index is 3.67. The molecule has 0 bridgehead atoms. The first-order valence-corrected chi connectivity index (χ1v) is 1.50. The first kappa shape index (κ1) is 25.1. The molecule has 0 aliphatic heterocycles. The summed E-state index contributed by atoms with van der Waals surface area (Å²) in [7, 11) is 0. The van der Waals surface area contributed by atoms with Gasteiger partial charge in [0, 0.05) is 63.2 Å². The first-order valence-electron chi connectivity index (χ1n) is 0.167. The largest absolute Gasteiger partial charge is 1.00 e. The van der Waals surface area contributed by atoms with Crippen molar-refractivity contribution in [3.05, 3.63) is 0 Å². The molecule has 0 radical (unpaired) electrons. The van der Waals surface area contributed by atoms with Gasteiger partial charge in [0.25, 0.3) is 0 Å². The van der Waals surface area contributed by atoms with Crippen LogP contribution >= 0.6 is 0 Å². The van der Waals surface area contributed by atoms with E-state index in [2.05, 4.69) is 23.3 Å². The van der Waals surface area contributed by atoms with Gasteiger partial charge in [0.15, 0.2) is 0 Å². The summed E-state index contributed by atoms with van der Waals surface area (Å²) in [5.41, 5.74) is 0. The summed E-state index contributed by atoms with van der Waals surface area (Å²) in [4.78, 5) is 0. The number of hydrogen-bond acceptors (Lipinski definition) is 2. The van der Waals surface area contributed by atoms with Crippen LogP contribution in [0, 0.1) is 0 Å². The molecule has 0 atom stereocenters. The molecule has 32 valence electrons. The average molecular weight is 440 g/mol. The summed E-state index contributed by atoms with van der Waals surface area (Å²) in [5, 5.41) is 0. The molecule has 0 nitrogen and oxygen atoms in total. The van der Waals surface area contributed by atoms with Gasteiger partial charge < -0.3 is 23.3 Å². The third-order valence-electron chi connectivity index (χ3n) is 0. The molecule has 0 saturated heterocycles. The SMILES string of the molecule is [Mo].[Mo].[S-][S-].[W]. The second kappa shape index (κ2) is 29.4. The van der Waals surface area contributed by atoms with Crippen molar-refractivity contribution in [3.63, 3.8) is 0 Å². The Morgan fingerprint density at radius 2 is 0.800 bits per heavy atom. The van der Waals surface area contributed by atoms with E-state index in [0.29, 0.717) is 0 Å². The van der Waals surface area contributed by atoms with E-state index in [-0.39, 0.29) is 63.2 Å². The van der Waals surface area contributed by atoms with Gasteiger partial charge in [0.1, 0.15) is 0 Å². The van der Waals surface area contributed by atoms with Crippen molar-refractivity contribution in [1.82, 2.24) is 0 Å². The fraction of sp³-hybridized carbons (Fsp3) is 0. The molecule has 0 rings (SSSR count). The molecular weight excluding hydrogens is 440 g/mol. The van der Waals surface area contributed by atoms with Gasteiger partial charge in [0.05, 0.1) is 0 Å². The average Bonchev–Trinajstić information content (AvgIpc) is 1.00. The Balaban J connectivity index is -0.00000000167. The Bertz CT molecular complexity index is 7.61. The Labute approximate surface area is 85.2 Å². The zero-order chi connectivity index (χ0) is 2.00. The molecular formula is Mo2S2W-2. The van der Waals surface area contributed by atoms with Gasteiger partial charge in [-0.2, -0.15) is 0 Å². The van der Waals surface area contributed by atoms with Crippen LogP contribution in [0.4, 0.5) is 0 Å². The predicted molar refractivity (Wildman–Crippen MR) is 14.7 cm³/mol. The molecule has 0 aromatic carbocycles. The second-order valence-electron chi connectivity index (χ2n) is 0. The third kappa shape index (κ3) is 20.1. The molecule has 0 N–H and O–H groups in total. The monoisotopic (exact) mass is 444 g/mol. The van der Waals surface area contributed by atoms with Crippen molar-refractivity contribution in [3.8, 4) is 0 Å². The predicted octanol–water partition coefficient (Wildman–Crippen LogP) is -0.0123. The summed E-state index contributed by atoms with van der Waals surface area (Å²) in [6.07, 6.45) is 0. The summed E-state index contributed by atoms with van der Waals surface area (Å²) < 4.78 is 0. The van der Waals surface area contributed by atoms with Gasteiger partial charge in [-0.15, -0.1) is 0 Å². The van der Waals surface area contributed by atoms with Crippen molar-refractivity contribution in [1.29, 1.82) is 0 Å². The molecule has 0 aliphatic carbocycles. The fourth-order valence-electron chi connectivity index (χ4n) is 0. The Morgan fingerprint density at radius 1 is 0.800 bits per heavy atom. The van der Waals surface area contributed by atoms with E-state index < -0.39 is 0 Å². The van der Waals surface area contributed by atoms with Gasteiger partial charge in [-0.1, -0.05) is 0 Å². The van der Waals surface area contributed by atoms with E-state index in [4.69, 9.17) is 0 Å². The van der Waals surface area contributed by atoms with E-state index in [0.717, 1.165) is 0 Å². The standard InChI is InChI=1S/2Mo.S2.W/c;;1-2;/q;;-2;. The van der Waals surface area contributed by atoms with Crippen molar-refractivity contribution >= 4 is 23.3 Å². The smallest absolute Gasteiger partial charge is 0 e. The van der Waals surface area contributed by atoms with E-state index in [9.17, 15) is 0 Å². The topological polar surface area (TPSA) is 0 Å². The van der Waals surface area contributed by atoms with Gasteiger partial charge in [0.2, 0.25) is 0 Å². The minimum absolute atomic E-state index is 0. The minimum Gasteiger partial charge on any atom is -1.00 e. The Hall–Kier alpha value is 2.76. The van der Waals surface area contributed by atoms with Gasteiger partial charge >= 0.3 is 0 Å². The van der Waals surface area contributed by atoms with Crippen molar-refractivity contribution < 1.29 is 63.2 Å². The van der Waals surface area contributed by atoms with Crippen molar-refractivity contribution in [2.45, 2.75) is 0 Å². The molecule has 0 aliphatic rings. The normalized spacial score (nSPS) is 1.20. The van der Waals surface area contributed by atoms with Crippen molar-refractivity contribution in [2.75, 3.05) is 0 Å². The van der Waals surface area contributed by atoms with Crippen LogP contribution in [-0.2, 0) is 86.5 Å². The molecule has 0 heterocycles. The van der Waals surface area contributed by atoms with Crippen LogP contribution in [0.3, 0.4) is 0 Å². The Morgan fingerprint density at radius 3 is 0.800 bits per heavy atom. The van der Waals surface area contributed by atoms with Crippen LogP contribution in [0.15, 0.2) is 0 Å². The molecule has 5 heteroatoms. The van der Waals surface area contributed by atoms with Gasteiger partial charge in [-0.05, 0) is 0 Å². The Kier molecular flexibility index (Phi) is 147. The first-order chi connectivity index (χ1) is 1.00. The van der Waals surface area contributed by atoms with Crippen molar-refractivity contribution in [2.24, 2.45) is 0 Å². The molecule has 0 unspecified atom stereocenters. The molecule has 0 amide bonds. The molecule has 5 heavy (non-hydrogen) atoms. The maximum atomic E-state index is 3.67. The van der Waals surface area contributed by atoms with Crippen LogP contribution < -0.4 is 0 Å². The summed E-state index contributed by atoms with van der Waals surface area (Å²) in [5.74, 6) is 0. The summed E-state index contributed by atoms with van der Waals surface area (Å²) >= 11 is 7.33. The molecule has 0 aromatic rings. The van der Waals surface area contributed by atoms with E-state index in [1.54, 1.807) is 0 Å². The molecule has 0 aromatic heterocycles. The van der Waals surface area contributed by atoms with Gasteiger partial charge in [-0.3, -0.25) is 0 Å². The summed E-state index contributed by atoms with van der Waals surface area (Å²) in [6.45, 7) is 0.